The Hall–Kier alpha value is -3.17. The van der Waals surface area contributed by atoms with E-state index in [0.717, 1.165) is 12.0 Å². The Morgan fingerprint density at radius 3 is 2.44 bits per heavy atom. The molecule has 9 nitrogen and oxygen atoms in total. The van der Waals surface area contributed by atoms with Gasteiger partial charge in [-0.25, -0.2) is 0 Å². The SMILES string of the molecule is CCCc1cc(C)c2c(c1O)C(O)=C1C(=O)[C@@]3(O)C(O)=C(C(N)=O)C(=O)[C@H](N(C)C)[C@H]3C[C@H]1C2. The minimum atomic E-state index is -2.61. The standard InChI is InChI=1S/C25H30N2O7/c1-5-6-11-7-10(2)13-8-12-9-14-18(27(3)4)21(30)17(24(26)33)23(32)25(14,34)22(31)15(12)20(29)16(13)19(11)28/h7,12,14,18,28-29,32,34H,5-6,8-9H2,1-4H3,(H2,26,33)/t12-,14-,18-,25-/m1/s1. The van der Waals surface area contributed by atoms with Gasteiger partial charge in [0.1, 0.15) is 22.8 Å². The van der Waals surface area contributed by atoms with E-state index in [-0.39, 0.29) is 23.3 Å². The van der Waals surface area contributed by atoms with Gasteiger partial charge >= 0.3 is 0 Å². The number of rotatable bonds is 4. The van der Waals surface area contributed by atoms with Crippen molar-refractivity contribution < 1.29 is 34.8 Å². The molecule has 3 aliphatic rings. The molecule has 0 aliphatic heterocycles. The van der Waals surface area contributed by atoms with Gasteiger partial charge in [-0.05, 0) is 62.9 Å². The van der Waals surface area contributed by atoms with E-state index in [2.05, 4.69) is 0 Å². The van der Waals surface area contributed by atoms with Crippen LogP contribution in [-0.4, -0.2) is 68.5 Å². The maximum Gasteiger partial charge on any atom is 0.255 e. The monoisotopic (exact) mass is 470 g/mol. The zero-order valence-corrected chi connectivity index (χ0v) is 19.7. The van der Waals surface area contributed by atoms with Crippen molar-refractivity contribution in [3.05, 3.63) is 45.2 Å². The fourth-order valence-electron chi connectivity index (χ4n) is 6.03. The van der Waals surface area contributed by atoms with Gasteiger partial charge < -0.3 is 26.2 Å². The highest BCUT2D eigenvalue weighted by atomic mass is 16.3. The zero-order valence-electron chi connectivity index (χ0n) is 19.7. The number of hydrogen-bond donors (Lipinski definition) is 5. The summed E-state index contributed by atoms with van der Waals surface area (Å²) in [7, 11) is 3.15. The maximum atomic E-state index is 13.8. The number of carbonyl (C=O) groups excluding carboxylic acids is 3. The number of nitrogens with two attached hydrogens (primary N) is 1. The summed E-state index contributed by atoms with van der Waals surface area (Å²) in [4.78, 5) is 40.3. The lowest BCUT2D eigenvalue weighted by Crippen LogP contribution is -2.65. The third kappa shape index (κ3) is 3.03. The maximum absolute atomic E-state index is 13.8. The molecule has 0 unspecified atom stereocenters. The van der Waals surface area contributed by atoms with Crippen LogP contribution in [0.25, 0.3) is 5.76 Å². The Bertz CT molecular complexity index is 1200. The molecule has 1 fully saturated rings. The smallest absolute Gasteiger partial charge is 0.255 e. The normalized spacial score (nSPS) is 28.7. The molecule has 0 saturated heterocycles. The third-order valence-electron chi connectivity index (χ3n) is 7.54. The second-order valence-electron chi connectivity index (χ2n) is 9.77. The average molecular weight is 471 g/mol. The molecule has 182 valence electrons. The molecule has 0 spiro atoms. The lowest BCUT2D eigenvalue weighted by molar-refractivity contribution is -0.153. The molecule has 1 amide bonds. The number of aryl methyl sites for hydroxylation is 2. The van der Waals surface area contributed by atoms with Crippen LogP contribution >= 0.6 is 0 Å². The highest BCUT2D eigenvalue weighted by Crippen LogP contribution is 2.53. The van der Waals surface area contributed by atoms with Gasteiger partial charge in [0, 0.05) is 11.5 Å². The van der Waals surface area contributed by atoms with Crippen molar-refractivity contribution in [2.45, 2.75) is 51.2 Å². The van der Waals surface area contributed by atoms with E-state index in [0.29, 0.717) is 24.0 Å². The van der Waals surface area contributed by atoms with Crippen LogP contribution in [0.15, 0.2) is 23.0 Å². The molecule has 6 N–H and O–H groups in total. The van der Waals surface area contributed by atoms with Crippen LogP contribution < -0.4 is 5.73 Å². The number of amides is 1. The minimum absolute atomic E-state index is 0.0860. The summed E-state index contributed by atoms with van der Waals surface area (Å²) in [5, 5.41) is 44.6. The lowest BCUT2D eigenvalue weighted by Gasteiger charge is -2.50. The number of nitrogens with zero attached hydrogens (tertiary/aromatic N) is 1. The van der Waals surface area contributed by atoms with Gasteiger partial charge in [-0.3, -0.25) is 19.3 Å². The number of primary amides is 1. The number of aromatic hydroxyl groups is 1. The molecule has 3 aliphatic carbocycles. The van der Waals surface area contributed by atoms with Crippen molar-refractivity contribution in [2.24, 2.45) is 17.6 Å². The topological polar surface area (TPSA) is 161 Å². The van der Waals surface area contributed by atoms with Crippen LogP contribution in [0.4, 0.5) is 0 Å². The number of carbonyl (C=O) groups is 3. The summed E-state index contributed by atoms with van der Waals surface area (Å²) in [6.07, 6.45) is 1.73. The molecule has 4 atom stereocenters. The molecule has 1 saturated carbocycles. The first-order chi connectivity index (χ1) is 15.9. The van der Waals surface area contributed by atoms with E-state index in [9.17, 15) is 34.8 Å². The highest BCUT2D eigenvalue weighted by Gasteiger charge is 2.64. The molecular weight excluding hydrogens is 440 g/mol. The number of phenols is 1. The summed E-state index contributed by atoms with van der Waals surface area (Å²) in [5.74, 6) is -6.28. The molecule has 0 bridgehead atoms. The molecule has 1 aromatic rings. The average Bonchev–Trinajstić information content (AvgIpc) is 2.74. The summed E-state index contributed by atoms with van der Waals surface area (Å²) < 4.78 is 0. The van der Waals surface area contributed by atoms with E-state index in [1.54, 1.807) is 14.1 Å². The molecule has 9 heteroatoms. The molecular formula is C25H30N2O7. The van der Waals surface area contributed by atoms with Crippen LogP contribution in [0.1, 0.15) is 42.0 Å². The van der Waals surface area contributed by atoms with E-state index in [1.165, 1.54) is 4.90 Å². The quantitative estimate of drug-likeness (QED) is 0.411. The number of ketones is 2. The predicted octanol–water partition coefficient (Wildman–Crippen LogP) is 1.22. The molecule has 0 heterocycles. The first kappa shape index (κ1) is 24.0. The number of aliphatic hydroxyl groups is 3. The van der Waals surface area contributed by atoms with E-state index >= 15 is 0 Å². The van der Waals surface area contributed by atoms with Crippen molar-refractivity contribution >= 4 is 23.2 Å². The fraction of sp³-hybridized carbons (Fsp3) is 0.480. The Kier molecular flexibility index (Phi) is 5.61. The molecule has 0 aromatic heterocycles. The van der Waals surface area contributed by atoms with Gasteiger partial charge in [-0.15, -0.1) is 0 Å². The Labute approximate surface area is 197 Å². The number of hydrogen-bond acceptors (Lipinski definition) is 8. The van der Waals surface area contributed by atoms with Crippen molar-refractivity contribution in [1.29, 1.82) is 0 Å². The Balaban J connectivity index is 1.98. The van der Waals surface area contributed by atoms with Gasteiger partial charge in [0.2, 0.25) is 5.78 Å². The largest absolute Gasteiger partial charge is 0.508 e. The molecule has 4 rings (SSSR count). The molecule has 1 aromatic carbocycles. The summed E-state index contributed by atoms with van der Waals surface area (Å²) >= 11 is 0. The number of likely N-dealkylation sites (N-methyl/N-ethyl adjacent to an activating group) is 1. The Morgan fingerprint density at radius 2 is 1.88 bits per heavy atom. The van der Waals surface area contributed by atoms with Gasteiger partial charge in [0.25, 0.3) is 5.91 Å². The van der Waals surface area contributed by atoms with Gasteiger partial charge in [0.15, 0.2) is 11.4 Å². The number of fused-ring (bicyclic) bond motifs is 3. The molecule has 0 radical (unpaired) electrons. The van der Waals surface area contributed by atoms with Crippen LogP contribution in [0.3, 0.4) is 0 Å². The van der Waals surface area contributed by atoms with Crippen LogP contribution in [0.2, 0.25) is 0 Å². The zero-order chi connectivity index (χ0) is 25.3. The van der Waals surface area contributed by atoms with Crippen LogP contribution in [0.5, 0.6) is 5.75 Å². The van der Waals surface area contributed by atoms with Crippen LogP contribution in [0, 0.1) is 18.8 Å². The number of aliphatic hydroxyl groups excluding tert-OH is 2. The lowest BCUT2D eigenvalue weighted by atomic mass is 9.57. The first-order valence-electron chi connectivity index (χ1n) is 11.4. The number of phenolic OH excluding ortho intramolecular Hbond substituents is 1. The number of benzene rings is 1. The van der Waals surface area contributed by atoms with Gasteiger partial charge in [0.05, 0.1) is 11.6 Å². The van der Waals surface area contributed by atoms with Crippen molar-refractivity contribution in [1.82, 2.24) is 4.90 Å². The fourth-order valence-corrected chi connectivity index (χ4v) is 6.03. The van der Waals surface area contributed by atoms with E-state index in [1.807, 2.05) is 19.9 Å². The Morgan fingerprint density at radius 1 is 1.24 bits per heavy atom. The van der Waals surface area contributed by atoms with Crippen molar-refractivity contribution in [2.75, 3.05) is 14.1 Å². The van der Waals surface area contributed by atoms with Gasteiger partial charge in [-0.1, -0.05) is 19.4 Å². The van der Waals surface area contributed by atoms with Crippen molar-refractivity contribution in [3.63, 3.8) is 0 Å². The predicted molar refractivity (Wildman–Crippen MR) is 123 cm³/mol. The first-order valence-corrected chi connectivity index (χ1v) is 11.4. The molecule has 34 heavy (non-hydrogen) atoms. The summed E-state index contributed by atoms with van der Waals surface area (Å²) in [6.45, 7) is 3.83. The highest BCUT2D eigenvalue weighted by molar-refractivity contribution is 6.24. The minimum Gasteiger partial charge on any atom is -0.508 e. The third-order valence-corrected chi connectivity index (χ3v) is 7.54. The van der Waals surface area contributed by atoms with Crippen LogP contribution in [-0.2, 0) is 27.2 Å². The number of Topliss-reactive ketones (excluding diaryl/α,β-unsaturated/α-hetero) is 2. The van der Waals surface area contributed by atoms with Crippen molar-refractivity contribution in [3.8, 4) is 5.75 Å². The van der Waals surface area contributed by atoms with Gasteiger partial charge in [-0.2, -0.15) is 0 Å². The second kappa shape index (κ2) is 7.95. The summed E-state index contributed by atoms with van der Waals surface area (Å²) in [6, 6.07) is 0.788. The summed E-state index contributed by atoms with van der Waals surface area (Å²) in [5.41, 5.74) is 4.12. The van der Waals surface area contributed by atoms with E-state index in [4.69, 9.17) is 5.73 Å². The van der Waals surface area contributed by atoms with E-state index < -0.39 is 58.0 Å². The second-order valence-corrected chi connectivity index (χ2v) is 9.77.